The molecule has 2 aromatic carbocycles. The van der Waals surface area contributed by atoms with Gasteiger partial charge in [-0.25, -0.2) is 0 Å². The van der Waals surface area contributed by atoms with Crippen molar-refractivity contribution in [1.29, 1.82) is 5.41 Å². The van der Waals surface area contributed by atoms with Crippen molar-refractivity contribution >= 4 is 57.1 Å². The van der Waals surface area contributed by atoms with Gasteiger partial charge in [0.2, 0.25) is 5.17 Å². The highest BCUT2D eigenvalue weighted by Gasteiger charge is 2.36. The van der Waals surface area contributed by atoms with Crippen LogP contribution >= 0.6 is 23.4 Å². The van der Waals surface area contributed by atoms with E-state index in [0.29, 0.717) is 27.1 Å². The molecule has 12 heteroatoms. The average Bonchev–Trinajstić information content (AvgIpc) is 3.31. The molecular formula is C24H15ClN6O4S. The zero-order valence-electron chi connectivity index (χ0n) is 18.3. The summed E-state index contributed by atoms with van der Waals surface area (Å²) in [5, 5.41) is 26.6. The number of hydrazone groups is 1. The fourth-order valence-corrected chi connectivity index (χ4v) is 4.58. The van der Waals surface area contributed by atoms with E-state index in [0.717, 1.165) is 5.56 Å². The van der Waals surface area contributed by atoms with Gasteiger partial charge in [-0.2, -0.15) is 15.1 Å². The first-order chi connectivity index (χ1) is 17.4. The molecule has 0 bridgehead atoms. The maximum Gasteiger partial charge on any atom is 0.283 e. The van der Waals surface area contributed by atoms with Crippen molar-refractivity contribution in [2.45, 2.75) is 6.61 Å². The lowest BCUT2D eigenvalue weighted by Crippen LogP contribution is -2.35. The summed E-state index contributed by atoms with van der Waals surface area (Å²) < 4.78 is 5.69. The molecule has 5 rings (SSSR count). The van der Waals surface area contributed by atoms with Crippen molar-refractivity contribution in [3.8, 4) is 5.75 Å². The molecule has 0 unspecified atom stereocenters. The molecule has 0 aliphatic carbocycles. The second kappa shape index (κ2) is 9.72. The predicted molar refractivity (Wildman–Crippen MR) is 137 cm³/mol. The summed E-state index contributed by atoms with van der Waals surface area (Å²) in [5.74, 6) is -0.345. The zero-order valence-corrected chi connectivity index (χ0v) is 19.9. The van der Waals surface area contributed by atoms with E-state index in [2.05, 4.69) is 15.1 Å². The SMILES string of the molecule is N=C1/C(=C/c2ccc(OCc3ccccc3[N+](=O)[O-])c(Cl)c2)C(=O)N=C2SC(c3cccnc3)=NN12. The van der Waals surface area contributed by atoms with E-state index < -0.39 is 10.8 Å². The Morgan fingerprint density at radius 3 is 2.78 bits per heavy atom. The second-order valence-electron chi connectivity index (χ2n) is 7.53. The topological polar surface area (TPSA) is 134 Å². The highest BCUT2D eigenvalue weighted by atomic mass is 35.5. The molecular weight excluding hydrogens is 504 g/mol. The number of amides is 1. The van der Waals surface area contributed by atoms with Crippen LogP contribution in [0.15, 0.2) is 82.7 Å². The summed E-state index contributed by atoms with van der Waals surface area (Å²) in [4.78, 5) is 31.6. The predicted octanol–water partition coefficient (Wildman–Crippen LogP) is 4.89. The number of nitrogens with zero attached hydrogens (tertiary/aromatic N) is 5. The van der Waals surface area contributed by atoms with Crippen molar-refractivity contribution in [3.05, 3.63) is 104 Å². The van der Waals surface area contributed by atoms with Crippen LogP contribution in [0.3, 0.4) is 0 Å². The number of para-hydroxylation sites is 1. The van der Waals surface area contributed by atoms with E-state index in [9.17, 15) is 14.9 Å². The molecule has 2 aliphatic heterocycles. The molecule has 2 aliphatic rings. The van der Waals surface area contributed by atoms with E-state index >= 15 is 0 Å². The van der Waals surface area contributed by atoms with Crippen molar-refractivity contribution in [2.24, 2.45) is 10.1 Å². The van der Waals surface area contributed by atoms with E-state index in [-0.39, 0.29) is 28.7 Å². The molecule has 0 atom stereocenters. The molecule has 36 heavy (non-hydrogen) atoms. The van der Waals surface area contributed by atoms with E-state index in [1.54, 1.807) is 54.9 Å². The normalized spacial score (nSPS) is 16.0. The van der Waals surface area contributed by atoms with Gasteiger partial charge in [0.1, 0.15) is 17.4 Å². The number of fused-ring (bicyclic) bond motifs is 1. The largest absolute Gasteiger partial charge is 0.487 e. The number of rotatable bonds is 6. The number of thioether (sulfide) groups is 1. The van der Waals surface area contributed by atoms with Crippen molar-refractivity contribution in [2.75, 3.05) is 0 Å². The van der Waals surface area contributed by atoms with Gasteiger partial charge in [-0.15, -0.1) is 0 Å². The third-order valence-electron chi connectivity index (χ3n) is 5.20. The first kappa shape index (κ1) is 23.4. The van der Waals surface area contributed by atoms with Crippen LogP contribution in [-0.2, 0) is 11.4 Å². The molecule has 1 amide bonds. The number of aromatic nitrogens is 1. The molecule has 10 nitrogen and oxygen atoms in total. The summed E-state index contributed by atoms with van der Waals surface area (Å²) >= 11 is 7.56. The molecule has 0 spiro atoms. The minimum atomic E-state index is -0.561. The maximum absolute atomic E-state index is 12.7. The van der Waals surface area contributed by atoms with Gasteiger partial charge in [0.05, 0.1) is 21.1 Å². The number of benzene rings is 2. The number of hydrogen-bond acceptors (Lipinski definition) is 8. The van der Waals surface area contributed by atoms with Crippen molar-refractivity contribution < 1.29 is 14.5 Å². The quantitative estimate of drug-likeness (QED) is 0.279. The lowest BCUT2D eigenvalue weighted by molar-refractivity contribution is -0.385. The Morgan fingerprint density at radius 2 is 2.03 bits per heavy atom. The number of nitro groups is 1. The summed E-state index contributed by atoms with van der Waals surface area (Å²) in [6, 6.07) is 14.7. The van der Waals surface area contributed by atoms with Gasteiger partial charge in [0, 0.05) is 24.0 Å². The summed E-state index contributed by atoms with van der Waals surface area (Å²) in [5.41, 5.74) is 1.73. The lowest BCUT2D eigenvalue weighted by Gasteiger charge is -2.20. The average molecular weight is 519 g/mol. The van der Waals surface area contributed by atoms with Crippen LogP contribution in [0.2, 0.25) is 5.02 Å². The lowest BCUT2D eigenvalue weighted by atomic mass is 10.1. The smallest absolute Gasteiger partial charge is 0.283 e. The monoisotopic (exact) mass is 518 g/mol. The van der Waals surface area contributed by atoms with Crippen LogP contribution in [-0.4, -0.2) is 36.9 Å². The number of nitrogens with one attached hydrogen (secondary N) is 1. The Labute approximate surface area is 213 Å². The van der Waals surface area contributed by atoms with E-state index in [1.165, 1.54) is 28.9 Å². The third-order valence-corrected chi connectivity index (χ3v) is 6.45. The molecule has 0 saturated carbocycles. The standard InChI is InChI=1S/C24H15ClN6O4S/c25-18-11-14(7-8-20(18)35-13-16-4-1-2-6-19(16)31(33)34)10-17-21(26)30-24(28-22(17)32)36-23(29-30)15-5-3-9-27-12-15/h1-12,26H,13H2/b17-10-,26-21?. The number of amidine groups is 2. The first-order valence-corrected chi connectivity index (χ1v) is 11.7. The highest BCUT2D eigenvalue weighted by molar-refractivity contribution is 8.27. The Bertz CT molecular complexity index is 1510. The minimum absolute atomic E-state index is 0.0399. The number of pyridine rings is 1. The molecule has 0 saturated heterocycles. The second-order valence-corrected chi connectivity index (χ2v) is 8.89. The van der Waals surface area contributed by atoms with Crippen LogP contribution in [0.25, 0.3) is 6.08 Å². The molecule has 0 radical (unpaired) electrons. The highest BCUT2D eigenvalue weighted by Crippen LogP contribution is 2.32. The molecule has 0 fully saturated rings. The van der Waals surface area contributed by atoms with Crippen LogP contribution in [0.4, 0.5) is 5.69 Å². The van der Waals surface area contributed by atoms with Crippen molar-refractivity contribution in [3.63, 3.8) is 0 Å². The molecule has 1 N–H and O–H groups in total. The van der Waals surface area contributed by atoms with E-state index in [4.69, 9.17) is 21.7 Å². The number of hydrogen-bond donors (Lipinski definition) is 1. The third kappa shape index (κ3) is 4.61. The number of aliphatic imine (C=N–C) groups is 1. The van der Waals surface area contributed by atoms with Gasteiger partial charge in [0.15, 0.2) is 5.84 Å². The Hall–Kier alpha value is -4.35. The van der Waals surface area contributed by atoms with Crippen LogP contribution in [0.5, 0.6) is 5.75 Å². The first-order valence-electron chi connectivity index (χ1n) is 10.5. The maximum atomic E-state index is 12.7. The Kier molecular flexibility index (Phi) is 6.32. The fraction of sp³-hybridized carbons (Fsp3) is 0.0417. The van der Waals surface area contributed by atoms with Gasteiger partial charge < -0.3 is 4.74 Å². The van der Waals surface area contributed by atoms with Gasteiger partial charge in [-0.1, -0.05) is 29.8 Å². The summed E-state index contributed by atoms with van der Waals surface area (Å²) in [6.07, 6.45) is 4.80. The van der Waals surface area contributed by atoms with E-state index in [1.807, 2.05) is 6.07 Å². The summed E-state index contributed by atoms with van der Waals surface area (Å²) in [7, 11) is 0. The molecule has 178 valence electrons. The number of carbonyl (C=O) groups excluding carboxylic acids is 1. The van der Waals surface area contributed by atoms with Gasteiger partial charge >= 0.3 is 0 Å². The van der Waals surface area contributed by atoms with Gasteiger partial charge in [-0.3, -0.25) is 25.3 Å². The number of ether oxygens (including phenoxy) is 1. The Balaban J connectivity index is 1.35. The fourth-order valence-electron chi connectivity index (χ4n) is 3.46. The minimum Gasteiger partial charge on any atom is -0.487 e. The zero-order chi connectivity index (χ0) is 25.2. The van der Waals surface area contributed by atoms with Crippen molar-refractivity contribution in [1.82, 2.24) is 9.99 Å². The number of carbonyl (C=O) groups is 1. The van der Waals surface area contributed by atoms with Crippen LogP contribution in [0, 0.1) is 15.5 Å². The summed E-state index contributed by atoms with van der Waals surface area (Å²) in [6.45, 7) is -0.0399. The van der Waals surface area contributed by atoms with Crippen LogP contribution < -0.4 is 4.74 Å². The number of halogens is 1. The Morgan fingerprint density at radius 1 is 1.19 bits per heavy atom. The number of nitro benzene ring substituents is 1. The molecule has 3 aromatic rings. The van der Waals surface area contributed by atoms with Gasteiger partial charge in [-0.05, 0) is 53.7 Å². The van der Waals surface area contributed by atoms with Crippen LogP contribution in [0.1, 0.15) is 16.7 Å². The van der Waals surface area contributed by atoms with Gasteiger partial charge in [0.25, 0.3) is 11.6 Å². The molecule has 1 aromatic heterocycles. The molecule has 3 heterocycles.